The standard InChI is InChI=1S/C16H24N2O2/c1-18(12-13-5-7-14(20-2)8-6-13)15(19)11-16(17)9-3-4-10-16/h5-8H,3-4,9-12,17H2,1-2H3. The fourth-order valence-electron chi connectivity index (χ4n) is 2.79. The summed E-state index contributed by atoms with van der Waals surface area (Å²) in [6, 6.07) is 7.79. The van der Waals surface area contributed by atoms with Crippen molar-refractivity contribution < 1.29 is 9.53 Å². The van der Waals surface area contributed by atoms with Gasteiger partial charge in [-0.2, -0.15) is 0 Å². The van der Waals surface area contributed by atoms with Gasteiger partial charge in [-0.05, 0) is 30.5 Å². The molecule has 20 heavy (non-hydrogen) atoms. The summed E-state index contributed by atoms with van der Waals surface area (Å²) in [4.78, 5) is 14.0. The van der Waals surface area contributed by atoms with E-state index in [-0.39, 0.29) is 11.4 Å². The lowest BCUT2D eigenvalue weighted by atomic mass is 9.94. The van der Waals surface area contributed by atoms with Gasteiger partial charge in [0.1, 0.15) is 5.75 Å². The first-order chi connectivity index (χ1) is 9.52. The van der Waals surface area contributed by atoms with E-state index in [9.17, 15) is 4.79 Å². The van der Waals surface area contributed by atoms with Crippen molar-refractivity contribution in [3.63, 3.8) is 0 Å². The zero-order valence-corrected chi connectivity index (χ0v) is 12.4. The molecule has 0 aromatic heterocycles. The molecule has 1 fully saturated rings. The number of hydrogen-bond donors (Lipinski definition) is 1. The van der Waals surface area contributed by atoms with Gasteiger partial charge in [-0.3, -0.25) is 4.79 Å². The summed E-state index contributed by atoms with van der Waals surface area (Å²) in [5.74, 6) is 0.958. The zero-order chi connectivity index (χ0) is 14.6. The fourth-order valence-corrected chi connectivity index (χ4v) is 2.79. The van der Waals surface area contributed by atoms with Crippen molar-refractivity contribution in [1.82, 2.24) is 4.90 Å². The smallest absolute Gasteiger partial charge is 0.224 e. The van der Waals surface area contributed by atoms with Crippen LogP contribution in [0.3, 0.4) is 0 Å². The number of rotatable bonds is 5. The van der Waals surface area contributed by atoms with E-state index in [1.54, 1.807) is 12.0 Å². The van der Waals surface area contributed by atoms with Gasteiger partial charge in [0.2, 0.25) is 5.91 Å². The quantitative estimate of drug-likeness (QED) is 0.898. The minimum absolute atomic E-state index is 0.130. The van der Waals surface area contributed by atoms with E-state index in [1.807, 2.05) is 31.3 Å². The van der Waals surface area contributed by atoms with Gasteiger partial charge in [-0.25, -0.2) is 0 Å². The Balaban J connectivity index is 1.89. The second kappa shape index (κ2) is 6.27. The average molecular weight is 276 g/mol. The molecule has 0 spiro atoms. The third kappa shape index (κ3) is 3.73. The maximum Gasteiger partial charge on any atom is 0.224 e. The highest BCUT2D eigenvalue weighted by Gasteiger charge is 2.32. The summed E-state index contributed by atoms with van der Waals surface area (Å²) in [5, 5.41) is 0. The van der Waals surface area contributed by atoms with Crippen LogP contribution in [-0.2, 0) is 11.3 Å². The summed E-state index contributed by atoms with van der Waals surface area (Å²) < 4.78 is 5.13. The molecule has 2 rings (SSSR count). The van der Waals surface area contributed by atoms with Crippen LogP contribution in [-0.4, -0.2) is 30.5 Å². The van der Waals surface area contributed by atoms with Gasteiger partial charge >= 0.3 is 0 Å². The molecule has 0 aliphatic heterocycles. The normalized spacial score (nSPS) is 16.9. The van der Waals surface area contributed by atoms with Crippen molar-refractivity contribution >= 4 is 5.91 Å². The topological polar surface area (TPSA) is 55.6 Å². The average Bonchev–Trinajstić information content (AvgIpc) is 2.86. The van der Waals surface area contributed by atoms with Crippen molar-refractivity contribution in [2.24, 2.45) is 5.73 Å². The molecule has 0 bridgehead atoms. The SMILES string of the molecule is COc1ccc(CN(C)C(=O)CC2(N)CCCC2)cc1. The van der Waals surface area contributed by atoms with Crippen LogP contribution in [0.25, 0.3) is 0 Å². The van der Waals surface area contributed by atoms with Crippen LogP contribution in [0.15, 0.2) is 24.3 Å². The molecule has 4 nitrogen and oxygen atoms in total. The van der Waals surface area contributed by atoms with E-state index in [2.05, 4.69) is 0 Å². The number of carbonyl (C=O) groups is 1. The van der Waals surface area contributed by atoms with E-state index in [0.29, 0.717) is 13.0 Å². The van der Waals surface area contributed by atoms with Crippen LogP contribution in [0.2, 0.25) is 0 Å². The minimum Gasteiger partial charge on any atom is -0.497 e. The third-order valence-electron chi connectivity index (χ3n) is 4.11. The number of methoxy groups -OCH3 is 1. The molecule has 2 N–H and O–H groups in total. The Hall–Kier alpha value is -1.55. The van der Waals surface area contributed by atoms with Crippen molar-refractivity contribution in [2.45, 2.75) is 44.2 Å². The highest BCUT2D eigenvalue weighted by Crippen LogP contribution is 2.30. The largest absolute Gasteiger partial charge is 0.497 e. The van der Waals surface area contributed by atoms with E-state index in [0.717, 1.165) is 37.0 Å². The molecule has 1 aromatic carbocycles. The van der Waals surface area contributed by atoms with Crippen LogP contribution in [0.1, 0.15) is 37.7 Å². The summed E-state index contributed by atoms with van der Waals surface area (Å²) in [5.41, 5.74) is 7.09. The van der Waals surface area contributed by atoms with Crippen molar-refractivity contribution in [3.8, 4) is 5.75 Å². The lowest BCUT2D eigenvalue weighted by molar-refractivity contribution is -0.131. The number of benzene rings is 1. The van der Waals surface area contributed by atoms with Gasteiger partial charge in [0.25, 0.3) is 0 Å². The predicted octanol–water partition coefficient (Wildman–Crippen LogP) is 2.32. The maximum absolute atomic E-state index is 12.3. The number of amides is 1. The zero-order valence-electron chi connectivity index (χ0n) is 12.4. The molecule has 1 aromatic rings. The first-order valence-electron chi connectivity index (χ1n) is 7.18. The summed E-state index contributed by atoms with van der Waals surface area (Å²) >= 11 is 0. The van der Waals surface area contributed by atoms with Crippen LogP contribution in [0, 0.1) is 0 Å². The Morgan fingerprint density at radius 1 is 1.30 bits per heavy atom. The molecule has 0 radical (unpaired) electrons. The van der Waals surface area contributed by atoms with E-state index < -0.39 is 0 Å². The van der Waals surface area contributed by atoms with Crippen molar-refractivity contribution in [3.05, 3.63) is 29.8 Å². The number of nitrogens with zero attached hydrogens (tertiary/aromatic N) is 1. The van der Waals surface area contributed by atoms with Crippen molar-refractivity contribution in [2.75, 3.05) is 14.2 Å². The molecular weight excluding hydrogens is 252 g/mol. The predicted molar refractivity (Wildman–Crippen MR) is 79.5 cm³/mol. The molecule has 1 saturated carbocycles. The number of ether oxygens (including phenoxy) is 1. The number of nitrogens with two attached hydrogens (primary N) is 1. The van der Waals surface area contributed by atoms with E-state index in [1.165, 1.54) is 0 Å². The Bertz CT molecular complexity index is 450. The monoisotopic (exact) mass is 276 g/mol. The lowest BCUT2D eigenvalue weighted by Gasteiger charge is -2.26. The third-order valence-corrected chi connectivity index (χ3v) is 4.11. The van der Waals surface area contributed by atoms with E-state index >= 15 is 0 Å². The Kier molecular flexibility index (Phi) is 4.65. The number of hydrogen-bond acceptors (Lipinski definition) is 3. The van der Waals surface area contributed by atoms with Crippen LogP contribution >= 0.6 is 0 Å². The molecule has 4 heteroatoms. The van der Waals surface area contributed by atoms with Gasteiger partial charge in [0.05, 0.1) is 7.11 Å². The van der Waals surface area contributed by atoms with Gasteiger partial charge < -0.3 is 15.4 Å². The van der Waals surface area contributed by atoms with Crippen LogP contribution < -0.4 is 10.5 Å². The van der Waals surface area contributed by atoms with Gasteiger partial charge in [-0.1, -0.05) is 25.0 Å². The summed E-state index contributed by atoms with van der Waals surface area (Å²) in [6.45, 7) is 0.610. The first-order valence-corrected chi connectivity index (χ1v) is 7.18. The molecule has 1 aliphatic carbocycles. The Labute approximate surface area is 120 Å². The molecule has 1 aliphatic rings. The van der Waals surface area contributed by atoms with Gasteiger partial charge in [-0.15, -0.1) is 0 Å². The molecule has 0 saturated heterocycles. The van der Waals surface area contributed by atoms with Crippen molar-refractivity contribution in [1.29, 1.82) is 0 Å². The summed E-state index contributed by atoms with van der Waals surface area (Å²) in [7, 11) is 3.48. The second-order valence-corrected chi connectivity index (χ2v) is 5.84. The van der Waals surface area contributed by atoms with Gasteiger partial charge in [0.15, 0.2) is 0 Å². The molecule has 1 amide bonds. The Morgan fingerprint density at radius 3 is 2.45 bits per heavy atom. The minimum atomic E-state index is -0.273. The van der Waals surface area contributed by atoms with Gasteiger partial charge in [0, 0.05) is 25.6 Å². The Morgan fingerprint density at radius 2 is 1.90 bits per heavy atom. The molecule has 0 heterocycles. The summed E-state index contributed by atoms with van der Waals surface area (Å²) in [6.07, 6.45) is 4.68. The highest BCUT2D eigenvalue weighted by atomic mass is 16.5. The maximum atomic E-state index is 12.3. The highest BCUT2D eigenvalue weighted by molar-refractivity contribution is 5.77. The molecule has 110 valence electrons. The molecule has 0 unspecified atom stereocenters. The lowest BCUT2D eigenvalue weighted by Crippen LogP contribution is -2.42. The van der Waals surface area contributed by atoms with Crippen LogP contribution in [0.4, 0.5) is 0 Å². The number of carbonyl (C=O) groups excluding carboxylic acids is 1. The molecular formula is C16H24N2O2. The first kappa shape index (κ1) is 14.9. The second-order valence-electron chi connectivity index (χ2n) is 5.84. The van der Waals surface area contributed by atoms with E-state index in [4.69, 9.17) is 10.5 Å². The fraction of sp³-hybridized carbons (Fsp3) is 0.562. The van der Waals surface area contributed by atoms with Crippen LogP contribution in [0.5, 0.6) is 5.75 Å². The molecule has 0 atom stereocenters.